The first kappa shape index (κ1) is 16.6. The lowest BCUT2D eigenvalue weighted by Gasteiger charge is -2.28. The molecule has 0 bridgehead atoms. The Hall–Kier alpha value is -1.77. The van der Waals surface area contributed by atoms with E-state index in [-0.39, 0.29) is 16.8 Å². The van der Waals surface area contributed by atoms with Crippen LogP contribution in [0.3, 0.4) is 0 Å². The molecule has 0 saturated heterocycles. The van der Waals surface area contributed by atoms with Gasteiger partial charge in [-0.25, -0.2) is 4.79 Å². The number of phenols is 1. The Balaban J connectivity index is 2.63. The third-order valence-electron chi connectivity index (χ3n) is 4.10. The van der Waals surface area contributed by atoms with E-state index in [4.69, 9.17) is 4.74 Å². The number of methoxy groups -OCH3 is 1. The minimum atomic E-state index is -0.252. The molecular formula is C19H26O3. The average Bonchev–Trinajstić information content (AvgIpc) is 3.15. The number of ether oxygens (including phenoxy) is 1. The number of esters is 1. The molecule has 0 spiro atoms. The molecule has 0 heterocycles. The molecule has 1 aliphatic rings. The number of hydrogen-bond donors (Lipinski definition) is 1. The van der Waals surface area contributed by atoms with Crippen molar-refractivity contribution in [1.82, 2.24) is 0 Å². The summed E-state index contributed by atoms with van der Waals surface area (Å²) < 4.78 is 4.80. The number of aromatic hydroxyl groups is 1. The topological polar surface area (TPSA) is 46.5 Å². The Morgan fingerprint density at radius 1 is 1.05 bits per heavy atom. The van der Waals surface area contributed by atoms with Crippen molar-refractivity contribution in [3.63, 3.8) is 0 Å². The molecule has 120 valence electrons. The first-order valence-electron chi connectivity index (χ1n) is 7.65. The van der Waals surface area contributed by atoms with E-state index < -0.39 is 0 Å². The largest absolute Gasteiger partial charge is 0.507 e. The van der Waals surface area contributed by atoms with Crippen molar-refractivity contribution in [2.24, 2.45) is 0 Å². The van der Waals surface area contributed by atoms with Crippen LogP contribution in [0.15, 0.2) is 17.7 Å². The summed E-state index contributed by atoms with van der Waals surface area (Å²) in [6.07, 6.45) is 0.671. The van der Waals surface area contributed by atoms with Crippen LogP contribution in [-0.4, -0.2) is 18.2 Å². The molecule has 1 N–H and O–H groups in total. The van der Waals surface area contributed by atoms with Crippen LogP contribution in [0.25, 0.3) is 5.57 Å². The van der Waals surface area contributed by atoms with E-state index >= 15 is 0 Å². The number of hydrogen-bond acceptors (Lipinski definition) is 3. The summed E-state index contributed by atoms with van der Waals surface area (Å²) in [5.41, 5.74) is 4.29. The predicted octanol–water partition coefficient (Wildman–Crippen LogP) is 4.32. The first-order chi connectivity index (χ1) is 9.96. The Bertz CT molecular complexity index is 617. The van der Waals surface area contributed by atoms with Gasteiger partial charge in [-0.05, 0) is 34.1 Å². The van der Waals surface area contributed by atoms with Crippen LogP contribution in [0.4, 0.5) is 0 Å². The van der Waals surface area contributed by atoms with Crippen molar-refractivity contribution in [2.45, 2.75) is 58.8 Å². The number of rotatable bonds is 2. The molecule has 0 saturated carbocycles. The maximum Gasteiger partial charge on any atom is 0.334 e. The highest BCUT2D eigenvalue weighted by molar-refractivity contribution is 6.08. The average molecular weight is 302 g/mol. The third kappa shape index (κ3) is 3.03. The summed E-state index contributed by atoms with van der Waals surface area (Å²) >= 11 is 0. The van der Waals surface area contributed by atoms with Gasteiger partial charge in [-0.15, -0.1) is 0 Å². The van der Waals surface area contributed by atoms with E-state index in [2.05, 4.69) is 41.5 Å². The van der Waals surface area contributed by atoms with Gasteiger partial charge in [-0.2, -0.15) is 0 Å². The minimum Gasteiger partial charge on any atom is -0.507 e. The Morgan fingerprint density at radius 2 is 1.50 bits per heavy atom. The van der Waals surface area contributed by atoms with Crippen LogP contribution < -0.4 is 0 Å². The van der Waals surface area contributed by atoms with Gasteiger partial charge in [0.2, 0.25) is 0 Å². The zero-order valence-corrected chi connectivity index (χ0v) is 14.6. The maximum atomic E-state index is 11.7. The fourth-order valence-corrected chi connectivity index (χ4v) is 2.68. The molecule has 0 aliphatic heterocycles. The lowest BCUT2D eigenvalue weighted by atomic mass is 9.78. The number of carbonyl (C=O) groups excluding carboxylic acids is 1. The van der Waals surface area contributed by atoms with Gasteiger partial charge in [0.05, 0.1) is 7.11 Å². The van der Waals surface area contributed by atoms with E-state index in [0.717, 1.165) is 27.8 Å². The smallest absolute Gasteiger partial charge is 0.334 e. The van der Waals surface area contributed by atoms with Gasteiger partial charge in [0, 0.05) is 23.1 Å². The molecule has 3 nitrogen and oxygen atoms in total. The van der Waals surface area contributed by atoms with Gasteiger partial charge < -0.3 is 9.84 Å². The SMILES string of the molecule is COC(=O)C1=C(c2cc(C(C)(C)C)c(O)c(C(C)(C)C)c2)C1. The van der Waals surface area contributed by atoms with E-state index in [0.29, 0.717) is 12.2 Å². The van der Waals surface area contributed by atoms with Crippen LogP contribution in [-0.2, 0) is 20.4 Å². The van der Waals surface area contributed by atoms with Gasteiger partial charge in [-0.3, -0.25) is 0 Å². The maximum absolute atomic E-state index is 11.7. The van der Waals surface area contributed by atoms with Crippen molar-refractivity contribution < 1.29 is 14.6 Å². The van der Waals surface area contributed by atoms with Crippen LogP contribution in [0.5, 0.6) is 5.75 Å². The summed E-state index contributed by atoms with van der Waals surface area (Å²) in [7, 11) is 1.41. The van der Waals surface area contributed by atoms with Gasteiger partial charge in [0.1, 0.15) is 5.75 Å². The van der Waals surface area contributed by atoms with Crippen molar-refractivity contribution in [1.29, 1.82) is 0 Å². The normalized spacial score (nSPS) is 15.0. The molecule has 0 aromatic heterocycles. The first-order valence-corrected chi connectivity index (χ1v) is 7.65. The summed E-state index contributed by atoms with van der Waals surface area (Å²) in [6, 6.07) is 4.02. The zero-order valence-electron chi connectivity index (χ0n) is 14.6. The third-order valence-corrected chi connectivity index (χ3v) is 4.10. The molecule has 1 aliphatic carbocycles. The van der Waals surface area contributed by atoms with Gasteiger partial charge >= 0.3 is 5.97 Å². The quantitative estimate of drug-likeness (QED) is 0.828. The fourth-order valence-electron chi connectivity index (χ4n) is 2.68. The lowest BCUT2D eigenvalue weighted by Crippen LogP contribution is -2.17. The monoisotopic (exact) mass is 302 g/mol. The van der Waals surface area contributed by atoms with E-state index in [1.54, 1.807) is 0 Å². The van der Waals surface area contributed by atoms with Crippen LogP contribution >= 0.6 is 0 Å². The van der Waals surface area contributed by atoms with E-state index in [1.807, 2.05) is 12.1 Å². The Morgan fingerprint density at radius 3 is 1.86 bits per heavy atom. The molecule has 0 unspecified atom stereocenters. The molecule has 3 heteroatoms. The van der Waals surface area contributed by atoms with E-state index in [9.17, 15) is 9.90 Å². The van der Waals surface area contributed by atoms with Crippen LogP contribution in [0.1, 0.15) is 64.7 Å². The fraction of sp³-hybridized carbons (Fsp3) is 0.526. The highest BCUT2D eigenvalue weighted by Gasteiger charge is 2.33. The minimum absolute atomic E-state index is 0.166. The number of benzene rings is 1. The number of allylic oxidation sites excluding steroid dienone is 1. The van der Waals surface area contributed by atoms with Crippen LogP contribution in [0.2, 0.25) is 0 Å². The molecule has 0 amide bonds. The summed E-state index contributed by atoms with van der Waals surface area (Å²) in [6.45, 7) is 12.5. The number of phenolic OH excluding ortho intramolecular Hbond substituents is 1. The summed E-state index contributed by atoms with van der Waals surface area (Å²) in [5, 5.41) is 10.7. The second kappa shape index (κ2) is 5.15. The predicted molar refractivity (Wildman–Crippen MR) is 89.1 cm³/mol. The highest BCUT2D eigenvalue weighted by atomic mass is 16.5. The molecule has 22 heavy (non-hydrogen) atoms. The van der Waals surface area contributed by atoms with Gasteiger partial charge in [0.15, 0.2) is 0 Å². The van der Waals surface area contributed by atoms with Gasteiger partial charge in [-0.1, -0.05) is 41.5 Å². The van der Waals surface area contributed by atoms with Crippen LogP contribution in [0, 0.1) is 0 Å². The van der Waals surface area contributed by atoms with Crippen molar-refractivity contribution >= 4 is 11.5 Å². The second-order valence-electron chi connectivity index (χ2n) is 8.05. The van der Waals surface area contributed by atoms with E-state index in [1.165, 1.54) is 7.11 Å². The Kier molecular flexibility index (Phi) is 3.88. The van der Waals surface area contributed by atoms with Crippen molar-refractivity contribution in [2.75, 3.05) is 7.11 Å². The molecule has 2 rings (SSSR count). The van der Waals surface area contributed by atoms with Gasteiger partial charge in [0.25, 0.3) is 0 Å². The van der Waals surface area contributed by atoms with Crippen molar-refractivity contribution in [3.05, 3.63) is 34.4 Å². The molecular weight excluding hydrogens is 276 g/mol. The van der Waals surface area contributed by atoms with Crippen molar-refractivity contribution in [3.8, 4) is 5.75 Å². The molecule has 0 fully saturated rings. The highest BCUT2D eigenvalue weighted by Crippen LogP contribution is 2.46. The zero-order chi connectivity index (χ0) is 16.9. The number of carbonyl (C=O) groups is 1. The molecule has 0 atom stereocenters. The standard InChI is InChI=1S/C19H26O3/c1-18(2,3)14-8-11(12-10-13(12)17(21)22-7)9-15(16(14)20)19(4,5)6/h8-9,20H,10H2,1-7H3. The summed E-state index contributed by atoms with van der Waals surface area (Å²) in [5.74, 6) is 0.113. The Labute approximate surface area is 133 Å². The second-order valence-corrected chi connectivity index (χ2v) is 8.05. The molecule has 0 radical (unpaired) electrons. The molecule has 1 aromatic rings. The molecule has 1 aromatic carbocycles. The summed E-state index contributed by atoms with van der Waals surface area (Å²) in [4.78, 5) is 11.7. The lowest BCUT2D eigenvalue weighted by molar-refractivity contribution is -0.135.